The summed E-state index contributed by atoms with van der Waals surface area (Å²) in [5.41, 5.74) is 3.60. The van der Waals surface area contributed by atoms with E-state index >= 15 is 0 Å². The second kappa shape index (κ2) is 7.02. The Morgan fingerprint density at radius 2 is 1.65 bits per heavy atom. The molecule has 5 heteroatoms. The Kier molecular flexibility index (Phi) is 4.84. The molecule has 23 heavy (non-hydrogen) atoms. The maximum atomic E-state index is 11.0. The number of halogens is 1. The van der Waals surface area contributed by atoms with Gasteiger partial charge in [0.05, 0.1) is 0 Å². The summed E-state index contributed by atoms with van der Waals surface area (Å²) in [6.45, 7) is 3.49. The highest BCUT2D eigenvalue weighted by Gasteiger charge is 2.20. The Bertz CT molecular complexity index is 680. The quantitative estimate of drug-likeness (QED) is 0.930. The first kappa shape index (κ1) is 15.8. The van der Waals surface area contributed by atoms with Crippen LogP contribution in [-0.4, -0.2) is 47.2 Å². The molecule has 1 amide bonds. The average Bonchev–Trinajstić information content (AvgIpc) is 2.57. The summed E-state index contributed by atoms with van der Waals surface area (Å²) >= 11 is 5.97. The second-order valence-corrected chi connectivity index (χ2v) is 6.15. The van der Waals surface area contributed by atoms with Crippen molar-refractivity contribution in [2.75, 3.05) is 26.2 Å². The van der Waals surface area contributed by atoms with Crippen LogP contribution in [0.15, 0.2) is 48.5 Å². The molecule has 1 aliphatic rings. The molecule has 1 aliphatic heterocycles. The van der Waals surface area contributed by atoms with E-state index in [0.717, 1.165) is 30.2 Å². The van der Waals surface area contributed by atoms with Gasteiger partial charge in [0.15, 0.2) is 0 Å². The van der Waals surface area contributed by atoms with Crippen LogP contribution in [0.5, 0.6) is 0 Å². The normalized spacial score (nSPS) is 15.6. The van der Waals surface area contributed by atoms with E-state index in [9.17, 15) is 4.79 Å². The van der Waals surface area contributed by atoms with Crippen LogP contribution in [0.4, 0.5) is 4.79 Å². The molecule has 0 radical (unpaired) electrons. The second-order valence-electron chi connectivity index (χ2n) is 5.71. The van der Waals surface area contributed by atoms with Gasteiger partial charge in [-0.05, 0) is 28.8 Å². The van der Waals surface area contributed by atoms with Gasteiger partial charge in [-0.25, -0.2) is 4.79 Å². The van der Waals surface area contributed by atoms with Crippen LogP contribution in [0.1, 0.15) is 5.56 Å². The number of hydrogen-bond donors (Lipinski definition) is 1. The molecule has 0 unspecified atom stereocenters. The first-order valence-electron chi connectivity index (χ1n) is 7.67. The van der Waals surface area contributed by atoms with Gasteiger partial charge in [-0.3, -0.25) is 4.90 Å². The van der Waals surface area contributed by atoms with Gasteiger partial charge in [0, 0.05) is 37.7 Å². The molecule has 120 valence electrons. The summed E-state index contributed by atoms with van der Waals surface area (Å²) < 4.78 is 0. The third-order valence-electron chi connectivity index (χ3n) is 4.21. The van der Waals surface area contributed by atoms with E-state index in [-0.39, 0.29) is 0 Å². The lowest BCUT2D eigenvalue weighted by atomic mass is 9.99. The largest absolute Gasteiger partial charge is 0.465 e. The lowest BCUT2D eigenvalue weighted by Gasteiger charge is -2.33. The summed E-state index contributed by atoms with van der Waals surface area (Å²) in [4.78, 5) is 14.8. The van der Waals surface area contributed by atoms with Crippen molar-refractivity contribution < 1.29 is 9.90 Å². The van der Waals surface area contributed by atoms with Crippen molar-refractivity contribution in [3.05, 3.63) is 59.1 Å². The third-order valence-corrected chi connectivity index (χ3v) is 4.46. The minimum Gasteiger partial charge on any atom is -0.465 e. The molecule has 1 heterocycles. The van der Waals surface area contributed by atoms with Crippen molar-refractivity contribution in [3.63, 3.8) is 0 Å². The van der Waals surface area contributed by atoms with E-state index in [4.69, 9.17) is 16.7 Å². The predicted octanol–water partition coefficient (Wildman–Crippen LogP) is 3.80. The molecule has 1 fully saturated rings. The van der Waals surface area contributed by atoms with E-state index in [1.165, 1.54) is 16.0 Å². The van der Waals surface area contributed by atoms with Crippen LogP contribution < -0.4 is 0 Å². The predicted molar refractivity (Wildman–Crippen MR) is 91.8 cm³/mol. The maximum absolute atomic E-state index is 11.0. The van der Waals surface area contributed by atoms with Crippen molar-refractivity contribution >= 4 is 17.7 Å². The Morgan fingerprint density at radius 3 is 2.30 bits per heavy atom. The molecule has 1 N–H and O–H groups in total. The summed E-state index contributed by atoms with van der Waals surface area (Å²) in [6, 6.07) is 16.2. The van der Waals surface area contributed by atoms with E-state index in [2.05, 4.69) is 17.0 Å². The smallest absolute Gasteiger partial charge is 0.407 e. The van der Waals surface area contributed by atoms with E-state index in [1.807, 2.05) is 36.4 Å². The summed E-state index contributed by atoms with van der Waals surface area (Å²) in [5.74, 6) is 0. The molecule has 0 aliphatic carbocycles. The summed E-state index contributed by atoms with van der Waals surface area (Å²) in [6.07, 6.45) is -0.828. The molecule has 3 rings (SSSR count). The Hall–Kier alpha value is -2.04. The van der Waals surface area contributed by atoms with Gasteiger partial charge < -0.3 is 10.0 Å². The minimum absolute atomic E-state index is 0.568. The highest BCUT2D eigenvalue weighted by molar-refractivity contribution is 6.30. The maximum Gasteiger partial charge on any atom is 0.407 e. The fraction of sp³-hybridized carbons (Fsp3) is 0.278. The van der Waals surface area contributed by atoms with E-state index in [0.29, 0.717) is 13.1 Å². The zero-order valence-corrected chi connectivity index (χ0v) is 13.5. The SMILES string of the molecule is O=C(O)N1CCN(Cc2ccccc2-c2ccc(Cl)cc2)CC1. The number of piperazine rings is 1. The highest BCUT2D eigenvalue weighted by atomic mass is 35.5. The van der Waals surface area contributed by atoms with Crippen LogP contribution in [0.3, 0.4) is 0 Å². The van der Waals surface area contributed by atoms with Crippen molar-refractivity contribution in [3.8, 4) is 11.1 Å². The first-order valence-corrected chi connectivity index (χ1v) is 8.05. The standard InChI is InChI=1S/C18H19ClN2O2/c19-16-7-5-14(6-8-16)17-4-2-1-3-15(17)13-20-9-11-21(12-10-20)18(22)23/h1-8H,9-13H2,(H,22,23). The Morgan fingerprint density at radius 1 is 1.00 bits per heavy atom. The van der Waals surface area contributed by atoms with Crippen molar-refractivity contribution in [2.45, 2.75) is 6.54 Å². The minimum atomic E-state index is -0.828. The van der Waals surface area contributed by atoms with Crippen molar-refractivity contribution in [2.24, 2.45) is 0 Å². The Balaban J connectivity index is 1.74. The van der Waals surface area contributed by atoms with Crippen LogP contribution in [0.2, 0.25) is 5.02 Å². The molecule has 0 spiro atoms. The molecule has 0 atom stereocenters. The van der Waals surface area contributed by atoms with E-state index < -0.39 is 6.09 Å². The number of benzene rings is 2. The third kappa shape index (κ3) is 3.84. The molecule has 1 saturated heterocycles. The van der Waals surface area contributed by atoms with Gasteiger partial charge >= 0.3 is 6.09 Å². The van der Waals surface area contributed by atoms with Gasteiger partial charge in [0.25, 0.3) is 0 Å². The molecule has 4 nitrogen and oxygen atoms in total. The molecule has 2 aromatic carbocycles. The van der Waals surface area contributed by atoms with Gasteiger partial charge in [0.2, 0.25) is 0 Å². The first-order chi connectivity index (χ1) is 11.1. The van der Waals surface area contributed by atoms with Crippen LogP contribution in [-0.2, 0) is 6.54 Å². The number of rotatable bonds is 3. The number of carboxylic acid groups (broad SMARTS) is 1. The van der Waals surface area contributed by atoms with Gasteiger partial charge in [-0.1, -0.05) is 48.0 Å². The highest BCUT2D eigenvalue weighted by Crippen LogP contribution is 2.26. The molecular weight excluding hydrogens is 312 g/mol. The topological polar surface area (TPSA) is 43.8 Å². The lowest BCUT2D eigenvalue weighted by Crippen LogP contribution is -2.47. The van der Waals surface area contributed by atoms with Gasteiger partial charge in [-0.15, -0.1) is 0 Å². The molecule has 0 aromatic heterocycles. The monoisotopic (exact) mass is 330 g/mol. The van der Waals surface area contributed by atoms with Gasteiger partial charge in [0.1, 0.15) is 0 Å². The zero-order valence-electron chi connectivity index (χ0n) is 12.8. The van der Waals surface area contributed by atoms with Crippen LogP contribution in [0.25, 0.3) is 11.1 Å². The fourth-order valence-electron chi connectivity index (χ4n) is 2.91. The number of hydrogen-bond acceptors (Lipinski definition) is 2. The summed E-state index contributed by atoms with van der Waals surface area (Å²) in [5, 5.41) is 9.76. The number of nitrogens with zero attached hydrogens (tertiary/aromatic N) is 2. The molecule has 0 bridgehead atoms. The van der Waals surface area contributed by atoms with Crippen molar-refractivity contribution in [1.82, 2.24) is 9.80 Å². The number of amides is 1. The van der Waals surface area contributed by atoms with Crippen molar-refractivity contribution in [1.29, 1.82) is 0 Å². The lowest BCUT2D eigenvalue weighted by molar-refractivity contribution is 0.103. The zero-order chi connectivity index (χ0) is 16.2. The molecule has 0 saturated carbocycles. The van der Waals surface area contributed by atoms with E-state index in [1.54, 1.807) is 0 Å². The van der Waals surface area contributed by atoms with Gasteiger partial charge in [-0.2, -0.15) is 0 Å². The molecule has 2 aromatic rings. The summed E-state index contributed by atoms with van der Waals surface area (Å²) in [7, 11) is 0. The van der Waals surface area contributed by atoms with Crippen LogP contribution in [0, 0.1) is 0 Å². The Labute approximate surface area is 140 Å². The van der Waals surface area contributed by atoms with Crippen LogP contribution >= 0.6 is 11.6 Å². The number of carbonyl (C=O) groups is 1. The average molecular weight is 331 g/mol. The molecular formula is C18H19ClN2O2. The fourth-order valence-corrected chi connectivity index (χ4v) is 3.03.